The van der Waals surface area contributed by atoms with E-state index in [4.69, 9.17) is 11.6 Å². The second kappa shape index (κ2) is 8.64. The fraction of sp³-hybridized carbons (Fsp3) is 0.467. The van der Waals surface area contributed by atoms with E-state index in [1.54, 1.807) is 24.3 Å². The van der Waals surface area contributed by atoms with Crippen LogP contribution < -0.4 is 10.2 Å². The first kappa shape index (κ1) is 17.5. The first-order chi connectivity index (χ1) is 9.91. The van der Waals surface area contributed by atoms with Gasteiger partial charge in [-0.1, -0.05) is 23.7 Å². The maximum Gasteiger partial charge on any atom is 0.240 e. The molecule has 1 rings (SSSR count). The molecule has 0 aliphatic rings. The molecule has 1 N–H and O–H groups in total. The Morgan fingerprint density at radius 2 is 1.90 bits per heavy atom. The summed E-state index contributed by atoms with van der Waals surface area (Å²) in [7, 11) is 3.97. The van der Waals surface area contributed by atoms with Crippen molar-refractivity contribution in [3.05, 3.63) is 29.3 Å². The van der Waals surface area contributed by atoms with Gasteiger partial charge >= 0.3 is 0 Å². The molecule has 0 spiro atoms. The Morgan fingerprint density at radius 3 is 2.48 bits per heavy atom. The lowest BCUT2D eigenvalue weighted by Gasteiger charge is -2.21. The maximum atomic E-state index is 11.9. The Bertz CT molecular complexity index is 492. The van der Waals surface area contributed by atoms with Crippen LogP contribution in [0, 0.1) is 0 Å². The number of para-hydroxylation sites is 1. The Kier molecular flexibility index (Phi) is 7.19. The number of anilines is 1. The van der Waals surface area contributed by atoms with E-state index in [2.05, 4.69) is 10.2 Å². The van der Waals surface area contributed by atoms with Crippen LogP contribution >= 0.6 is 11.6 Å². The Labute approximate surface area is 130 Å². The molecule has 0 saturated heterocycles. The summed E-state index contributed by atoms with van der Waals surface area (Å²) in [6.45, 7) is 2.89. The average Bonchev–Trinajstić information content (AvgIpc) is 2.41. The highest BCUT2D eigenvalue weighted by molar-refractivity contribution is 6.33. The standard InChI is InChI=1S/C15H22ClN3O2/c1-12(20)19(14-8-5-4-7-13(14)16)11-15(21)17-9-6-10-18(2)3/h4-5,7-8H,6,9-11H2,1-3H3,(H,17,21). The van der Waals surface area contributed by atoms with Crippen molar-refractivity contribution in [2.45, 2.75) is 13.3 Å². The lowest BCUT2D eigenvalue weighted by Crippen LogP contribution is -2.40. The summed E-state index contributed by atoms with van der Waals surface area (Å²) in [5.41, 5.74) is 0.551. The topological polar surface area (TPSA) is 52.7 Å². The second-order valence-electron chi connectivity index (χ2n) is 5.06. The van der Waals surface area contributed by atoms with Crippen molar-refractivity contribution in [3.8, 4) is 0 Å². The highest BCUT2D eigenvalue weighted by Crippen LogP contribution is 2.24. The molecule has 6 heteroatoms. The lowest BCUT2D eigenvalue weighted by atomic mass is 10.2. The molecule has 116 valence electrons. The summed E-state index contributed by atoms with van der Waals surface area (Å²) in [6, 6.07) is 6.99. The molecule has 0 fully saturated rings. The molecule has 0 aliphatic carbocycles. The minimum Gasteiger partial charge on any atom is -0.355 e. The van der Waals surface area contributed by atoms with E-state index < -0.39 is 0 Å². The third-order valence-corrected chi connectivity index (χ3v) is 3.25. The number of benzene rings is 1. The van der Waals surface area contributed by atoms with Gasteiger partial charge in [0.05, 0.1) is 10.7 Å². The van der Waals surface area contributed by atoms with Crippen LogP contribution in [0.1, 0.15) is 13.3 Å². The first-order valence-corrected chi connectivity index (χ1v) is 7.23. The summed E-state index contributed by atoms with van der Waals surface area (Å²) in [4.78, 5) is 27.1. The van der Waals surface area contributed by atoms with Crippen LogP contribution in [-0.4, -0.2) is 50.4 Å². The van der Waals surface area contributed by atoms with Gasteiger partial charge in [0.1, 0.15) is 6.54 Å². The molecule has 0 saturated carbocycles. The number of rotatable bonds is 7. The minimum absolute atomic E-state index is 0.0268. The molecule has 0 aliphatic heterocycles. The molecular formula is C15H22ClN3O2. The van der Waals surface area contributed by atoms with Crippen LogP contribution in [0.3, 0.4) is 0 Å². The maximum absolute atomic E-state index is 11.9. The summed E-state index contributed by atoms with van der Waals surface area (Å²) >= 11 is 6.08. The summed E-state index contributed by atoms with van der Waals surface area (Å²) in [5, 5.41) is 3.26. The Hall–Kier alpha value is -1.59. The highest BCUT2D eigenvalue weighted by atomic mass is 35.5. The quantitative estimate of drug-likeness (QED) is 0.781. The molecule has 0 atom stereocenters. The predicted octanol–water partition coefficient (Wildman–Crippen LogP) is 1.76. The van der Waals surface area contributed by atoms with Gasteiger partial charge in [0.15, 0.2) is 0 Å². The van der Waals surface area contributed by atoms with Crippen LogP contribution in [0.25, 0.3) is 0 Å². The van der Waals surface area contributed by atoms with Gasteiger partial charge in [-0.3, -0.25) is 9.59 Å². The molecule has 1 aromatic carbocycles. The smallest absolute Gasteiger partial charge is 0.240 e. The third-order valence-electron chi connectivity index (χ3n) is 2.93. The van der Waals surface area contributed by atoms with Gasteiger partial charge < -0.3 is 15.1 Å². The van der Waals surface area contributed by atoms with E-state index in [0.717, 1.165) is 13.0 Å². The van der Waals surface area contributed by atoms with Gasteiger partial charge in [-0.05, 0) is 39.2 Å². The van der Waals surface area contributed by atoms with Crippen LogP contribution in [0.5, 0.6) is 0 Å². The van der Waals surface area contributed by atoms with E-state index in [9.17, 15) is 9.59 Å². The first-order valence-electron chi connectivity index (χ1n) is 6.86. The van der Waals surface area contributed by atoms with Crippen molar-refractivity contribution < 1.29 is 9.59 Å². The molecule has 0 heterocycles. The third kappa shape index (κ3) is 6.14. The number of hydrogen-bond donors (Lipinski definition) is 1. The van der Waals surface area contributed by atoms with Crippen molar-refractivity contribution in [1.82, 2.24) is 10.2 Å². The van der Waals surface area contributed by atoms with Crippen molar-refractivity contribution in [1.29, 1.82) is 0 Å². The zero-order chi connectivity index (χ0) is 15.8. The van der Waals surface area contributed by atoms with Crippen molar-refractivity contribution in [2.24, 2.45) is 0 Å². The van der Waals surface area contributed by atoms with Crippen LogP contribution in [0.15, 0.2) is 24.3 Å². The summed E-state index contributed by atoms with van der Waals surface area (Å²) in [5.74, 6) is -0.407. The molecule has 21 heavy (non-hydrogen) atoms. The number of nitrogens with zero attached hydrogens (tertiary/aromatic N) is 2. The Balaban J connectivity index is 2.58. The van der Waals surface area contributed by atoms with Crippen LogP contribution in [0.2, 0.25) is 5.02 Å². The fourth-order valence-corrected chi connectivity index (χ4v) is 2.10. The average molecular weight is 312 g/mol. The van der Waals surface area contributed by atoms with Gasteiger partial charge in [-0.15, -0.1) is 0 Å². The molecule has 5 nitrogen and oxygen atoms in total. The predicted molar refractivity (Wildman–Crippen MR) is 85.7 cm³/mol. The van der Waals surface area contributed by atoms with E-state index in [0.29, 0.717) is 17.3 Å². The lowest BCUT2D eigenvalue weighted by molar-refractivity contribution is -0.123. The molecule has 1 aromatic rings. The highest BCUT2D eigenvalue weighted by Gasteiger charge is 2.17. The van der Waals surface area contributed by atoms with Gasteiger partial charge in [0.25, 0.3) is 0 Å². The number of hydrogen-bond acceptors (Lipinski definition) is 3. The molecule has 0 bridgehead atoms. The van der Waals surface area contributed by atoms with E-state index in [1.807, 2.05) is 14.1 Å². The zero-order valence-corrected chi connectivity index (χ0v) is 13.5. The zero-order valence-electron chi connectivity index (χ0n) is 12.7. The number of nitrogens with one attached hydrogen (secondary N) is 1. The SMILES string of the molecule is CC(=O)N(CC(=O)NCCCN(C)C)c1ccccc1Cl. The van der Waals surface area contributed by atoms with E-state index in [1.165, 1.54) is 11.8 Å². The number of halogens is 1. The fourth-order valence-electron chi connectivity index (χ4n) is 1.86. The summed E-state index contributed by atoms with van der Waals surface area (Å²) < 4.78 is 0. The van der Waals surface area contributed by atoms with Gasteiger partial charge in [0, 0.05) is 13.5 Å². The monoisotopic (exact) mass is 311 g/mol. The van der Waals surface area contributed by atoms with Gasteiger partial charge in [-0.25, -0.2) is 0 Å². The molecular weight excluding hydrogens is 290 g/mol. The number of carbonyl (C=O) groups is 2. The van der Waals surface area contributed by atoms with Crippen molar-refractivity contribution in [3.63, 3.8) is 0 Å². The minimum atomic E-state index is -0.216. The second-order valence-corrected chi connectivity index (χ2v) is 5.47. The molecule has 0 unspecified atom stereocenters. The number of amides is 2. The summed E-state index contributed by atoms with van der Waals surface area (Å²) in [6.07, 6.45) is 0.866. The Morgan fingerprint density at radius 1 is 1.24 bits per heavy atom. The largest absolute Gasteiger partial charge is 0.355 e. The van der Waals surface area contributed by atoms with Crippen LogP contribution in [0.4, 0.5) is 5.69 Å². The van der Waals surface area contributed by atoms with E-state index >= 15 is 0 Å². The van der Waals surface area contributed by atoms with Crippen molar-refractivity contribution >= 4 is 29.1 Å². The van der Waals surface area contributed by atoms with Gasteiger partial charge in [0.2, 0.25) is 11.8 Å². The molecule has 0 aromatic heterocycles. The normalized spacial score (nSPS) is 10.5. The van der Waals surface area contributed by atoms with Crippen molar-refractivity contribution in [2.75, 3.05) is 38.6 Å². The molecule has 2 amide bonds. The van der Waals surface area contributed by atoms with Crippen LogP contribution in [-0.2, 0) is 9.59 Å². The molecule has 0 radical (unpaired) electrons. The van der Waals surface area contributed by atoms with Gasteiger partial charge in [-0.2, -0.15) is 0 Å². The van der Waals surface area contributed by atoms with E-state index in [-0.39, 0.29) is 18.4 Å². The number of carbonyl (C=O) groups excluding carboxylic acids is 2.